The number of nitrogens with zero attached hydrogens (tertiary/aromatic N) is 4. The Morgan fingerprint density at radius 1 is 1.00 bits per heavy atom. The number of amides is 1. The maximum Gasteiger partial charge on any atom is 0.451 e. The molecule has 1 aliphatic heterocycles. The van der Waals surface area contributed by atoms with Gasteiger partial charge in [0.2, 0.25) is 21.8 Å². The van der Waals surface area contributed by atoms with E-state index in [1.54, 1.807) is 0 Å². The highest BCUT2D eigenvalue weighted by molar-refractivity contribution is 7.89. The van der Waals surface area contributed by atoms with Gasteiger partial charge in [-0.1, -0.05) is 0 Å². The van der Waals surface area contributed by atoms with Crippen molar-refractivity contribution in [2.45, 2.75) is 55.4 Å². The molecule has 0 saturated carbocycles. The molecular formula is C24H19F8N5O3S. The van der Waals surface area contributed by atoms with Gasteiger partial charge < -0.3 is 5.32 Å². The topological polar surface area (TPSA) is 105 Å². The Hall–Kier alpha value is -3.73. The number of halogens is 8. The van der Waals surface area contributed by atoms with Gasteiger partial charge >= 0.3 is 12.4 Å². The second-order valence-electron chi connectivity index (χ2n) is 9.03. The van der Waals surface area contributed by atoms with Gasteiger partial charge in [-0.2, -0.15) is 30.6 Å². The third-order valence-corrected chi connectivity index (χ3v) is 8.31. The molecule has 3 unspecified atom stereocenters. The minimum Gasteiger partial charge on any atom is -0.349 e. The molecule has 1 N–H and O–H groups in total. The molecule has 3 heterocycles. The van der Waals surface area contributed by atoms with Gasteiger partial charge in [0.25, 0.3) is 0 Å². The molecule has 1 amide bonds. The van der Waals surface area contributed by atoms with Crippen LogP contribution in [0.4, 0.5) is 35.1 Å². The Labute approximate surface area is 227 Å². The standard InChI is InChI=1S/C24H19F8N5O3S/c1-12-19(26)7-20(37(12)41(39,40)16-4-2-14(25)3-5-16)21(38)34-10-15-6-17(18(11-33-15)23(27,28)29)13-8-35-22(36-9-13)24(30,31)32/h2-6,8-9,11-12,19-20H,7,10H2,1H3,(H,34,38). The first-order valence-corrected chi connectivity index (χ1v) is 13.1. The molecule has 4 rings (SSSR count). The number of alkyl halides is 7. The molecule has 3 atom stereocenters. The monoisotopic (exact) mass is 609 g/mol. The van der Waals surface area contributed by atoms with Crippen molar-refractivity contribution in [3.8, 4) is 11.1 Å². The summed E-state index contributed by atoms with van der Waals surface area (Å²) in [7, 11) is -4.46. The van der Waals surface area contributed by atoms with Gasteiger partial charge in [0, 0.05) is 36.1 Å². The normalized spacial score (nSPS) is 20.3. The Balaban J connectivity index is 1.59. The highest BCUT2D eigenvalue weighted by atomic mass is 32.2. The number of sulfonamides is 1. The lowest BCUT2D eigenvalue weighted by Crippen LogP contribution is -2.48. The van der Waals surface area contributed by atoms with Crippen LogP contribution in [0, 0.1) is 5.82 Å². The average Bonchev–Trinajstić information content (AvgIpc) is 3.21. The molecule has 2 aromatic heterocycles. The van der Waals surface area contributed by atoms with E-state index in [0.717, 1.165) is 30.3 Å². The summed E-state index contributed by atoms with van der Waals surface area (Å²) in [5.74, 6) is -3.26. The van der Waals surface area contributed by atoms with Gasteiger partial charge in [0.1, 0.15) is 18.0 Å². The van der Waals surface area contributed by atoms with E-state index >= 15 is 0 Å². The van der Waals surface area contributed by atoms with E-state index in [-0.39, 0.29) is 10.6 Å². The maximum atomic E-state index is 14.6. The van der Waals surface area contributed by atoms with E-state index in [4.69, 9.17) is 0 Å². The van der Waals surface area contributed by atoms with Crippen molar-refractivity contribution in [2.75, 3.05) is 0 Å². The number of rotatable bonds is 6. The number of carbonyl (C=O) groups excluding carboxylic acids is 1. The highest BCUT2D eigenvalue weighted by Gasteiger charge is 2.49. The molecule has 0 spiro atoms. The van der Waals surface area contributed by atoms with Crippen LogP contribution in [0.1, 0.15) is 30.4 Å². The van der Waals surface area contributed by atoms with Crippen LogP contribution in [0.2, 0.25) is 0 Å². The number of nitrogens with one attached hydrogen (secondary N) is 1. The first-order valence-electron chi connectivity index (χ1n) is 11.7. The number of aromatic nitrogens is 3. The zero-order valence-electron chi connectivity index (χ0n) is 20.7. The molecule has 8 nitrogen and oxygen atoms in total. The van der Waals surface area contributed by atoms with E-state index in [1.165, 1.54) is 6.92 Å². The molecule has 220 valence electrons. The van der Waals surface area contributed by atoms with E-state index in [9.17, 15) is 48.3 Å². The van der Waals surface area contributed by atoms with Crippen LogP contribution in [-0.4, -0.2) is 51.8 Å². The van der Waals surface area contributed by atoms with Crippen LogP contribution in [0.3, 0.4) is 0 Å². The molecule has 41 heavy (non-hydrogen) atoms. The molecule has 0 aliphatic carbocycles. The van der Waals surface area contributed by atoms with Crippen LogP contribution in [-0.2, 0) is 33.7 Å². The number of pyridine rings is 1. The Morgan fingerprint density at radius 3 is 2.17 bits per heavy atom. The van der Waals surface area contributed by atoms with Crippen molar-refractivity contribution in [2.24, 2.45) is 0 Å². The van der Waals surface area contributed by atoms with Gasteiger partial charge in [0.15, 0.2) is 0 Å². The minimum absolute atomic E-state index is 0.183. The summed E-state index contributed by atoms with van der Waals surface area (Å²) in [5.41, 5.74) is -2.53. The first kappa shape index (κ1) is 30.2. The number of benzene rings is 1. The minimum atomic E-state index is -4.96. The van der Waals surface area contributed by atoms with Crippen molar-refractivity contribution in [3.63, 3.8) is 0 Å². The summed E-state index contributed by atoms with van der Waals surface area (Å²) in [4.78, 5) is 22.4. The lowest BCUT2D eigenvalue weighted by Gasteiger charge is -2.26. The molecule has 0 bridgehead atoms. The zero-order valence-corrected chi connectivity index (χ0v) is 21.5. The van der Waals surface area contributed by atoms with E-state index in [2.05, 4.69) is 20.3 Å². The van der Waals surface area contributed by atoms with Gasteiger partial charge in [-0.15, -0.1) is 0 Å². The zero-order chi connectivity index (χ0) is 30.3. The predicted octanol–water partition coefficient (Wildman–Crippen LogP) is 4.52. The second kappa shape index (κ2) is 10.9. The average molecular weight is 609 g/mol. The van der Waals surface area contributed by atoms with Crippen molar-refractivity contribution < 1.29 is 48.3 Å². The van der Waals surface area contributed by atoms with Crippen molar-refractivity contribution in [1.82, 2.24) is 24.6 Å². The fourth-order valence-corrected chi connectivity index (χ4v) is 6.07. The molecule has 1 saturated heterocycles. The van der Waals surface area contributed by atoms with Crippen LogP contribution in [0.5, 0.6) is 0 Å². The fourth-order valence-electron chi connectivity index (χ4n) is 4.26. The van der Waals surface area contributed by atoms with Crippen molar-refractivity contribution in [1.29, 1.82) is 0 Å². The first-order chi connectivity index (χ1) is 19.0. The van der Waals surface area contributed by atoms with Gasteiger partial charge in [-0.05, 0) is 37.3 Å². The summed E-state index contributed by atoms with van der Waals surface area (Å²) in [6, 6.07) is 1.71. The number of hydrogen-bond acceptors (Lipinski definition) is 6. The molecule has 1 aliphatic rings. The second-order valence-corrected chi connectivity index (χ2v) is 10.9. The van der Waals surface area contributed by atoms with E-state index in [1.807, 2.05) is 0 Å². The SMILES string of the molecule is CC1C(F)CC(C(=O)NCc2cc(-c3cnc(C(F)(F)F)nc3)c(C(F)(F)F)cn2)N1S(=O)(=O)c1ccc(F)cc1. The number of carbonyl (C=O) groups is 1. The molecule has 1 aromatic carbocycles. The summed E-state index contributed by atoms with van der Waals surface area (Å²) in [6.45, 7) is 0.701. The Morgan fingerprint density at radius 2 is 1.61 bits per heavy atom. The maximum absolute atomic E-state index is 14.6. The Bertz CT molecular complexity index is 1530. The van der Waals surface area contributed by atoms with Crippen molar-refractivity contribution in [3.05, 3.63) is 71.8 Å². The van der Waals surface area contributed by atoms with Gasteiger partial charge in [-0.3, -0.25) is 9.78 Å². The lowest BCUT2D eigenvalue weighted by molar-refractivity contribution is -0.145. The smallest absolute Gasteiger partial charge is 0.349 e. The molecule has 0 radical (unpaired) electrons. The fraction of sp³-hybridized carbons (Fsp3) is 0.333. The number of hydrogen-bond donors (Lipinski definition) is 1. The third kappa shape index (κ3) is 6.29. The van der Waals surface area contributed by atoms with Gasteiger partial charge in [0.05, 0.1) is 28.7 Å². The third-order valence-electron chi connectivity index (χ3n) is 6.30. The van der Waals surface area contributed by atoms with Crippen LogP contribution >= 0.6 is 0 Å². The highest BCUT2D eigenvalue weighted by Crippen LogP contribution is 2.37. The van der Waals surface area contributed by atoms with Crippen LogP contribution in [0.25, 0.3) is 11.1 Å². The summed E-state index contributed by atoms with van der Waals surface area (Å²) < 4.78 is 134. The predicted molar refractivity (Wildman–Crippen MR) is 125 cm³/mol. The Kier molecular flexibility index (Phi) is 8.05. The largest absolute Gasteiger partial charge is 0.451 e. The van der Waals surface area contributed by atoms with E-state index in [0.29, 0.717) is 22.9 Å². The quantitative estimate of drug-likeness (QED) is 0.413. The molecule has 3 aromatic rings. The summed E-state index contributed by atoms with van der Waals surface area (Å²) in [5, 5.41) is 2.32. The summed E-state index contributed by atoms with van der Waals surface area (Å²) in [6.07, 6.45) is -10.6. The van der Waals surface area contributed by atoms with Gasteiger partial charge in [-0.25, -0.2) is 27.2 Å². The van der Waals surface area contributed by atoms with Crippen LogP contribution < -0.4 is 5.32 Å². The van der Waals surface area contributed by atoms with E-state index < -0.39 is 87.8 Å². The molecule has 17 heteroatoms. The van der Waals surface area contributed by atoms with Crippen molar-refractivity contribution >= 4 is 15.9 Å². The lowest BCUT2D eigenvalue weighted by atomic mass is 10.0. The van der Waals surface area contributed by atoms with Crippen LogP contribution in [0.15, 0.2) is 53.8 Å². The molecular weight excluding hydrogens is 590 g/mol. The summed E-state index contributed by atoms with van der Waals surface area (Å²) >= 11 is 0. The molecule has 1 fully saturated rings.